The fourth-order valence-corrected chi connectivity index (χ4v) is 6.60. The van der Waals surface area contributed by atoms with Crippen LogP contribution in [0.25, 0.3) is 11.1 Å². The summed E-state index contributed by atoms with van der Waals surface area (Å²) >= 11 is 0. The Kier molecular flexibility index (Phi) is 6.97. The number of fused-ring (bicyclic) bond motifs is 3. The van der Waals surface area contributed by atoms with Gasteiger partial charge in [0.15, 0.2) is 0 Å². The summed E-state index contributed by atoms with van der Waals surface area (Å²) < 4.78 is 94.5. The molecule has 0 atom stereocenters. The first-order valence-electron chi connectivity index (χ1n) is 6.29. The number of nitrogen functional groups attached to an aromatic ring is 2. The van der Waals surface area contributed by atoms with Gasteiger partial charge in [-0.05, 0) is 18.2 Å². The first kappa shape index (κ1) is 24.8. The molecule has 0 unspecified atom stereocenters. The third kappa shape index (κ3) is 3.96. The molecular weight excluding hydrogens is 442 g/mol. The van der Waals surface area contributed by atoms with Gasteiger partial charge in [-0.3, -0.25) is 0 Å². The van der Waals surface area contributed by atoms with Crippen LogP contribution in [0.1, 0.15) is 0 Å². The molecule has 1 aliphatic heterocycles. The predicted molar refractivity (Wildman–Crippen MR) is 82.1 cm³/mol. The van der Waals surface area contributed by atoms with Crippen LogP contribution in [-0.2, 0) is 30.1 Å². The van der Waals surface area contributed by atoms with E-state index >= 15 is 0 Å². The quantitative estimate of drug-likeness (QED) is 0.215. The second kappa shape index (κ2) is 7.57. The molecule has 0 aliphatic carbocycles. The van der Waals surface area contributed by atoms with E-state index < -0.39 is 60.9 Å². The third-order valence-electron chi connectivity index (χ3n) is 3.58. The number of sulfone groups is 1. The maximum absolute atomic E-state index is 12.6. The summed E-state index contributed by atoms with van der Waals surface area (Å²) in [5, 5.41) is 0. The fraction of sp³-hybridized carbons (Fsp3) is 0. The average Bonchev–Trinajstić information content (AvgIpc) is 2.64. The predicted octanol–water partition coefficient (Wildman–Crippen LogP) is -6.52. The van der Waals surface area contributed by atoms with Crippen molar-refractivity contribution in [3.63, 3.8) is 0 Å². The van der Waals surface area contributed by atoms with E-state index in [0.29, 0.717) is 6.07 Å². The summed E-state index contributed by atoms with van der Waals surface area (Å²) in [6.45, 7) is 0. The number of rotatable bonds is 2. The molecule has 0 saturated heterocycles. The topological polar surface area (TPSA) is 201 Å². The van der Waals surface area contributed by atoms with Gasteiger partial charge in [0.05, 0.1) is 25.3 Å². The second-order valence-electron chi connectivity index (χ2n) is 5.16. The van der Waals surface area contributed by atoms with Crippen molar-refractivity contribution in [2.24, 2.45) is 0 Å². The summed E-state index contributed by atoms with van der Waals surface area (Å²) in [6.07, 6.45) is 0. The van der Waals surface area contributed by atoms with E-state index in [0.717, 1.165) is 12.1 Å². The molecule has 0 aromatic heterocycles. The molecule has 27 heavy (non-hydrogen) atoms. The number of anilines is 2. The van der Waals surface area contributed by atoms with Gasteiger partial charge in [-0.1, -0.05) is 6.07 Å². The molecule has 0 fully saturated rings. The molecule has 2 aromatic rings. The van der Waals surface area contributed by atoms with Gasteiger partial charge in [-0.15, -0.1) is 0 Å². The van der Waals surface area contributed by atoms with Crippen LogP contribution in [0.3, 0.4) is 0 Å². The molecule has 3 rings (SSSR count). The molecule has 0 saturated carbocycles. The molecule has 0 bridgehead atoms. The van der Waals surface area contributed by atoms with Gasteiger partial charge in [0.25, 0.3) is 0 Å². The average molecular weight is 450 g/mol. The van der Waals surface area contributed by atoms with Crippen molar-refractivity contribution < 1.29 is 93.5 Å². The molecule has 134 valence electrons. The Morgan fingerprint density at radius 2 is 1.33 bits per heavy atom. The van der Waals surface area contributed by atoms with Gasteiger partial charge in [0.2, 0.25) is 9.84 Å². The molecule has 1 heterocycles. The van der Waals surface area contributed by atoms with Crippen LogP contribution in [0.5, 0.6) is 0 Å². The van der Waals surface area contributed by atoms with Crippen molar-refractivity contribution in [2.45, 2.75) is 19.6 Å². The van der Waals surface area contributed by atoms with Gasteiger partial charge in [-0.2, -0.15) is 0 Å². The van der Waals surface area contributed by atoms with E-state index in [2.05, 4.69) is 0 Å². The molecule has 0 spiro atoms. The molecule has 10 nitrogen and oxygen atoms in total. The van der Waals surface area contributed by atoms with Gasteiger partial charge in [0, 0.05) is 16.8 Å². The molecule has 1 aliphatic rings. The zero-order chi connectivity index (χ0) is 18.9. The van der Waals surface area contributed by atoms with Crippen LogP contribution in [0.2, 0.25) is 0 Å². The molecule has 0 radical (unpaired) electrons. The largest absolute Gasteiger partial charge is 1.00 e. The van der Waals surface area contributed by atoms with Crippen LogP contribution in [-0.4, -0.2) is 34.4 Å². The SMILES string of the molecule is Nc1ccc2c(c1)S(=O)(=O)c1cc(N)c(S(=O)(=O)[O-])c(S(=O)(=O)[O-])c1-2.[Na+].[Na+]. The minimum Gasteiger partial charge on any atom is -0.744 e. The number of benzene rings is 2. The Hall–Kier alpha value is -0.190. The zero-order valence-electron chi connectivity index (χ0n) is 14.0. The van der Waals surface area contributed by atoms with Crippen molar-refractivity contribution in [2.75, 3.05) is 11.5 Å². The standard InChI is InChI=1S/C12H10N2O8S3.2Na/c13-5-1-2-6-8(3-5)23(15,16)9-4-7(14)11(24(17,18)19)12(10(6)9)25(20,21)22;;/h1-4H,13-14H2,(H,17,18,19)(H,20,21,22);;/q;2*+1/p-2. The van der Waals surface area contributed by atoms with Crippen molar-refractivity contribution in [3.05, 3.63) is 24.3 Å². The molecule has 15 heteroatoms. The Balaban J connectivity index is 0.00000182. The Labute approximate surface area is 199 Å². The summed E-state index contributed by atoms with van der Waals surface area (Å²) in [5.41, 5.74) is 9.04. The summed E-state index contributed by atoms with van der Waals surface area (Å²) in [6, 6.07) is 4.00. The third-order valence-corrected chi connectivity index (χ3v) is 7.38. The van der Waals surface area contributed by atoms with Crippen LogP contribution in [0.15, 0.2) is 43.8 Å². The maximum Gasteiger partial charge on any atom is 1.00 e. The minimum absolute atomic E-state index is 0. The normalized spacial score (nSPS) is 14.4. The first-order valence-corrected chi connectivity index (χ1v) is 10.6. The molecular formula is C12H8N2Na2O8S3. The number of hydrogen-bond donors (Lipinski definition) is 2. The minimum atomic E-state index is -5.57. The Morgan fingerprint density at radius 1 is 0.815 bits per heavy atom. The monoisotopic (exact) mass is 450 g/mol. The molecule has 2 aromatic carbocycles. The summed E-state index contributed by atoms with van der Waals surface area (Å²) in [5.74, 6) is 0. The van der Waals surface area contributed by atoms with Crippen molar-refractivity contribution in [3.8, 4) is 11.1 Å². The van der Waals surface area contributed by atoms with E-state index in [-0.39, 0.29) is 70.4 Å². The zero-order valence-corrected chi connectivity index (χ0v) is 20.4. The maximum atomic E-state index is 12.6. The van der Waals surface area contributed by atoms with E-state index in [1.54, 1.807) is 0 Å². The second-order valence-corrected chi connectivity index (χ2v) is 9.68. The smallest absolute Gasteiger partial charge is 0.744 e. The van der Waals surface area contributed by atoms with Crippen LogP contribution in [0.4, 0.5) is 11.4 Å². The fourth-order valence-electron chi connectivity index (χ4n) is 2.69. The van der Waals surface area contributed by atoms with Gasteiger partial charge < -0.3 is 20.6 Å². The van der Waals surface area contributed by atoms with Gasteiger partial charge in [-0.25, -0.2) is 25.3 Å². The first-order chi connectivity index (χ1) is 11.3. The number of nitrogens with two attached hydrogens (primary N) is 2. The van der Waals surface area contributed by atoms with Crippen LogP contribution >= 0.6 is 0 Å². The van der Waals surface area contributed by atoms with Gasteiger partial charge >= 0.3 is 59.1 Å². The van der Waals surface area contributed by atoms with E-state index in [9.17, 15) is 34.4 Å². The Bertz CT molecular complexity index is 1270. The van der Waals surface area contributed by atoms with E-state index in [4.69, 9.17) is 11.5 Å². The van der Waals surface area contributed by atoms with Crippen molar-refractivity contribution >= 4 is 41.4 Å². The van der Waals surface area contributed by atoms with Crippen LogP contribution in [0, 0.1) is 0 Å². The van der Waals surface area contributed by atoms with E-state index in [1.807, 2.05) is 0 Å². The summed E-state index contributed by atoms with van der Waals surface area (Å²) in [7, 11) is -15.4. The number of hydrogen-bond acceptors (Lipinski definition) is 10. The van der Waals surface area contributed by atoms with E-state index in [1.165, 1.54) is 6.07 Å². The van der Waals surface area contributed by atoms with Gasteiger partial charge in [0.1, 0.15) is 20.2 Å². The molecule has 4 N–H and O–H groups in total. The van der Waals surface area contributed by atoms with Crippen LogP contribution < -0.4 is 70.6 Å². The summed E-state index contributed by atoms with van der Waals surface area (Å²) in [4.78, 5) is -4.06. The molecule has 0 amide bonds. The Morgan fingerprint density at radius 3 is 1.81 bits per heavy atom. The van der Waals surface area contributed by atoms with Crippen molar-refractivity contribution in [1.29, 1.82) is 0 Å². The van der Waals surface area contributed by atoms with Crippen molar-refractivity contribution in [1.82, 2.24) is 0 Å².